The average Bonchev–Trinajstić information content (AvgIpc) is 2.96. The van der Waals surface area contributed by atoms with E-state index in [1.807, 2.05) is 44.2 Å². The van der Waals surface area contributed by atoms with E-state index in [1.54, 1.807) is 24.3 Å². The summed E-state index contributed by atoms with van der Waals surface area (Å²) >= 11 is 1.30. The normalized spacial score (nSPS) is 14.0. The summed E-state index contributed by atoms with van der Waals surface area (Å²) in [5, 5.41) is 2.71. The van der Waals surface area contributed by atoms with Gasteiger partial charge in [0, 0.05) is 30.7 Å². The summed E-state index contributed by atoms with van der Waals surface area (Å²) in [6.45, 7) is 6.12. The maximum absolute atomic E-state index is 13.2. The molecule has 1 heterocycles. The molecule has 1 aliphatic rings. The van der Waals surface area contributed by atoms with Crippen molar-refractivity contribution in [2.75, 3.05) is 18.5 Å². The van der Waals surface area contributed by atoms with E-state index in [1.165, 1.54) is 23.6 Å². The van der Waals surface area contributed by atoms with Crippen LogP contribution in [0.15, 0.2) is 64.4 Å². The molecule has 0 unspecified atom stereocenters. The number of ether oxygens (including phenoxy) is 1. The first-order valence-corrected chi connectivity index (χ1v) is 11.0. The number of imide groups is 1. The van der Waals surface area contributed by atoms with Gasteiger partial charge in [0.25, 0.3) is 11.8 Å². The molecule has 1 aliphatic heterocycles. The van der Waals surface area contributed by atoms with Crippen molar-refractivity contribution in [2.24, 2.45) is 0 Å². The molecular formula is C24H26N2O4S. The van der Waals surface area contributed by atoms with E-state index < -0.39 is 0 Å². The molecule has 0 saturated carbocycles. The van der Waals surface area contributed by atoms with Gasteiger partial charge in [-0.05, 0) is 50.1 Å². The van der Waals surface area contributed by atoms with Gasteiger partial charge in [-0.25, -0.2) is 0 Å². The number of thioether (sulfide) groups is 1. The minimum atomic E-state index is -0.305. The maximum atomic E-state index is 13.2. The number of nitrogens with zero attached hydrogens (tertiary/aromatic N) is 1. The minimum Gasteiger partial charge on any atom is -0.379 e. The summed E-state index contributed by atoms with van der Waals surface area (Å²) in [6.07, 6.45) is 0.679. The lowest BCUT2D eigenvalue weighted by Gasteiger charge is -2.16. The van der Waals surface area contributed by atoms with Crippen LogP contribution in [0.4, 0.5) is 5.69 Å². The van der Waals surface area contributed by atoms with Crippen molar-refractivity contribution in [2.45, 2.75) is 38.2 Å². The smallest absolute Gasteiger partial charge is 0.268 e. The molecule has 0 saturated heterocycles. The number of anilines is 1. The molecule has 7 heteroatoms. The SMILES string of the molecule is CC(=O)Nc1ccc(C2=C(Sc3ccccc3)C(=O)N(CCCOC(C)C)C2=O)cc1. The molecule has 31 heavy (non-hydrogen) atoms. The van der Waals surface area contributed by atoms with Gasteiger partial charge >= 0.3 is 0 Å². The third-order valence-corrected chi connectivity index (χ3v) is 5.65. The number of carbonyl (C=O) groups is 3. The Morgan fingerprint density at radius 2 is 1.71 bits per heavy atom. The topological polar surface area (TPSA) is 75.7 Å². The number of rotatable bonds is 9. The Labute approximate surface area is 186 Å². The van der Waals surface area contributed by atoms with Crippen LogP contribution in [-0.2, 0) is 19.1 Å². The number of carbonyl (C=O) groups excluding carboxylic acids is 3. The van der Waals surface area contributed by atoms with Crippen molar-refractivity contribution in [1.29, 1.82) is 0 Å². The van der Waals surface area contributed by atoms with E-state index >= 15 is 0 Å². The maximum Gasteiger partial charge on any atom is 0.268 e. The molecule has 0 atom stereocenters. The van der Waals surface area contributed by atoms with Crippen LogP contribution in [0.5, 0.6) is 0 Å². The van der Waals surface area contributed by atoms with Crippen LogP contribution in [-0.4, -0.2) is 41.9 Å². The highest BCUT2D eigenvalue weighted by atomic mass is 32.2. The Morgan fingerprint density at radius 3 is 2.32 bits per heavy atom. The van der Waals surface area contributed by atoms with E-state index in [0.717, 1.165) is 4.90 Å². The first-order chi connectivity index (χ1) is 14.9. The molecule has 162 valence electrons. The Balaban J connectivity index is 1.88. The zero-order valence-electron chi connectivity index (χ0n) is 17.9. The Morgan fingerprint density at radius 1 is 1.03 bits per heavy atom. The molecule has 0 spiro atoms. The van der Waals surface area contributed by atoms with Crippen molar-refractivity contribution in [3.8, 4) is 0 Å². The van der Waals surface area contributed by atoms with E-state index in [2.05, 4.69) is 5.32 Å². The van der Waals surface area contributed by atoms with Gasteiger partial charge in [0.2, 0.25) is 5.91 Å². The van der Waals surface area contributed by atoms with E-state index in [9.17, 15) is 14.4 Å². The fraction of sp³-hybridized carbons (Fsp3) is 0.292. The fourth-order valence-corrected chi connectivity index (χ4v) is 4.21. The Bertz CT molecular complexity index is 984. The molecule has 2 aromatic carbocycles. The molecule has 1 N–H and O–H groups in total. The number of benzene rings is 2. The van der Waals surface area contributed by atoms with Crippen molar-refractivity contribution < 1.29 is 19.1 Å². The Hall–Kier alpha value is -2.90. The van der Waals surface area contributed by atoms with Crippen molar-refractivity contribution in [3.63, 3.8) is 0 Å². The van der Waals surface area contributed by atoms with Crippen molar-refractivity contribution >= 4 is 40.7 Å². The first-order valence-electron chi connectivity index (χ1n) is 10.2. The predicted molar refractivity (Wildman–Crippen MR) is 122 cm³/mol. The second kappa shape index (κ2) is 10.4. The van der Waals surface area contributed by atoms with Gasteiger partial charge in [0.15, 0.2) is 0 Å². The number of nitrogens with one attached hydrogen (secondary N) is 1. The van der Waals surface area contributed by atoms with Crippen LogP contribution in [0, 0.1) is 0 Å². The molecule has 2 aromatic rings. The van der Waals surface area contributed by atoms with Gasteiger partial charge in [-0.3, -0.25) is 19.3 Å². The standard InChI is InChI=1S/C24H26N2O4S/c1-16(2)30-15-7-14-26-23(28)21(18-10-12-19(13-11-18)25-17(3)27)22(24(26)29)31-20-8-5-4-6-9-20/h4-6,8-13,16H,7,14-15H2,1-3H3,(H,25,27). The summed E-state index contributed by atoms with van der Waals surface area (Å²) in [7, 11) is 0. The molecule has 6 nitrogen and oxygen atoms in total. The van der Waals surface area contributed by atoms with E-state index in [0.29, 0.717) is 41.3 Å². The summed E-state index contributed by atoms with van der Waals surface area (Å²) in [6, 6.07) is 16.5. The molecule has 0 aliphatic carbocycles. The molecule has 3 rings (SSSR count). The molecule has 0 radical (unpaired) electrons. The fourth-order valence-electron chi connectivity index (χ4n) is 3.18. The van der Waals surface area contributed by atoms with Crippen LogP contribution in [0.2, 0.25) is 0 Å². The van der Waals surface area contributed by atoms with Crippen LogP contribution in [0.25, 0.3) is 5.57 Å². The third-order valence-electron chi connectivity index (χ3n) is 4.56. The molecule has 0 bridgehead atoms. The van der Waals surface area contributed by atoms with Crippen LogP contribution in [0.3, 0.4) is 0 Å². The summed E-state index contributed by atoms with van der Waals surface area (Å²) in [4.78, 5) is 40.3. The highest BCUT2D eigenvalue weighted by Crippen LogP contribution is 2.39. The van der Waals surface area contributed by atoms with E-state index in [4.69, 9.17) is 4.74 Å². The highest BCUT2D eigenvalue weighted by molar-refractivity contribution is 8.04. The molecule has 3 amide bonds. The largest absolute Gasteiger partial charge is 0.379 e. The second-order valence-electron chi connectivity index (χ2n) is 7.41. The van der Waals surface area contributed by atoms with Gasteiger partial charge in [-0.2, -0.15) is 0 Å². The highest BCUT2D eigenvalue weighted by Gasteiger charge is 2.39. The van der Waals surface area contributed by atoms with E-state index in [-0.39, 0.29) is 23.8 Å². The summed E-state index contributed by atoms with van der Waals surface area (Å²) in [5.41, 5.74) is 1.67. The van der Waals surface area contributed by atoms with Gasteiger partial charge in [-0.1, -0.05) is 42.1 Å². The second-order valence-corrected chi connectivity index (χ2v) is 8.50. The number of hydrogen-bond donors (Lipinski definition) is 1. The van der Waals surface area contributed by atoms with Crippen molar-refractivity contribution in [1.82, 2.24) is 4.90 Å². The number of amides is 3. The first kappa shape index (κ1) is 22.8. The molecule has 0 aromatic heterocycles. The van der Waals surface area contributed by atoms with Crippen LogP contribution in [0.1, 0.15) is 32.8 Å². The predicted octanol–water partition coefficient (Wildman–Crippen LogP) is 4.33. The summed E-state index contributed by atoms with van der Waals surface area (Å²) < 4.78 is 5.55. The average molecular weight is 439 g/mol. The lowest BCUT2D eigenvalue weighted by molar-refractivity contribution is -0.136. The van der Waals surface area contributed by atoms with Gasteiger partial charge < -0.3 is 10.1 Å². The minimum absolute atomic E-state index is 0.102. The molecular weight excluding hydrogens is 412 g/mol. The quantitative estimate of drug-likeness (QED) is 0.466. The van der Waals surface area contributed by atoms with Gasteiger partial charge in [0.1, 0.15) is 0 Å². The molecule has 0 fully saturated rings. The van der Waals surface area contributed by atoms with Gasteiger partial charge in [0.05, 0.1) is 16.6 Å². The summed E-state index contributed by atoms with van der Waals surface area (Å²) in [5.74, 6) is -0.765. The lowest BCUT2D eigenvalue weighted by Crippen LogP contribution is -2.33. The monoisotopic (exact) mass is 438 g/mol. The van der Waals surface area contributed by atoms with Crippen LogP contribution < -0.4 is 5.32 Å². The zero-order valence-corrected chi connectivity index (χ0v) is 18.7. The van der Waals surface area contributed by atoms with Crippen molar-refractivity contribution in [3.05, 3.63) is 65.1 Å². The van der Waals surface area contributed by atoms with Gasteiger partial charge in [-0.15, -0.1) is 0 Å². The third kappa shape index (κ3) is 5.83. The Kier molecular flexibility index (Phi) is 7.65. The lowest BCUT2D eigenvalue weighted by atomic mass is 10.1. The number of hydrogen-bond acceptors (Lipinski definition) is 5. The zero-order chi connectivity index (χ0) is 22.4. The van der Waals surface area contributed by atoms with Crippen LogP contribution >= 0.6 is 11.8 Å².